The molecule has 0 unspecified atom stereocenters. The van der Waals surface area contributed by atoms with Gasteiger partial charge in [-0.25, -0.2) is 8.42 Å². The van der Waals surface area contributed by atoms with Gasteiger partial charge in [0.05, 0.1) is 11.3 Å². The Bertz CT molecular complexity index is 962. The molecule has 2 aromatic rings. The van der Waals surface area contributed by atoms with Crippen LogP contribution in [0.25, 0.3) is 0 Å². The molecule has 0 bridgehead atoms. The third kappa shape index (κ3) is 5.59. The zero-order valence-corrected chi connectivity index (χ0v) is 16.0. The van der Waals surface area contributed by atoms with Crippen LogP contribution in [-0.4, -0.2) is 31.6 Å². The van der Waals surface area contributed by atoms with Crippen LogP contribution in [0.5, 0.6) is 0 Å². The maximum atomic E-state index is 12.2. The van der Waals surface area contributed by atoms with Crippen molar-refractivity contribution in [3.05, 3.63) is 59.7 Å². The van der Waals surface area contributed by atoms with E-state index in [0.717, 1.165) is 11.1 Å². The molecule has 2 rings (SSSR count). The predicted octanol–water partition coefficient (Wildman–Crippen LogP) is 2.50. The van der Waals surface area contributed by atoms with Gasteiger partial charge < -0.3 is 5.32 Å². The molecule has 0 aliphatic heterocycles. The number of nitrogens with one attached hydrogen (secondary N) is 1. The van der Waals surface area contributed by atoms with Gasteiger partial charge >= 0.3 is 0 Å². The van der Waals surface area contributed by atoms with Gasteiger partial charge in [-0.05, 0) is 37.1 Å². The summed E-state index contributed by atoms with van der Waals surface area (Å²) in [6, 6.07) is 13.1. The SMILES string of the molecule is CCc1ccccc1NC(=O)C(=O)CC(=O)CS(=O)(=O)c1ccc(C)cc1. The van der Waals surface area contributed by atoms with Crippen molar-refractivity contribution in [2.45, 2.75) is 31.6 Å². The monoisotopic (exact) mass is 387 g/mol. The molecule has 0 radical (unpaired) electrons. The molecule has 142 valence electrons. The second-order valence-electron chi connectivity index (χ2n) is 6.18. The van der Waals surface area contributed by atoms with Crippen molar-refractivity contribution in [3.8, 4) is 0 Å². The zero-order chi connectivity index (χ0) is 20.0. The smallest absolute Gasteiger partial charge is 0.292 e. The van der Waals surface area contributed by atoms with E-state index in [1.807, 2.05) is 26.0 Å². The fraction of sp³-hybridized carbons (Fsp3) is 0.250. The molecule has 1 amide bonds. The van der Waals surface area contributed by atoms with Crippen LogP contribution >= 0.6 is 0 Å². The quantitative estimate of drug-likeness (QED) is 0.554. The number of hydrogen-bond acceptors (Lipinski definition) is 5. The molecule has 2 aromatic carbocycles. The van der Waals surface area contributed by atoms with Gasteiger partial charge in [0.2, 0.25) is 5.78 Å². The van der Waals surface area contributed by atoms with Gasteiger partial charge in [-0.1, -0.05) is 42.8 Å². The number of amides is 1. The van der Waals surface area contributed by atoms with Gasteiger partial charge in [-0.3, -0.25) is 14.4 Å². The van der Waals surface area contributed by atoms with Gasteiger partial charge in [0, 0.05) is 5.69 Å². The standard InChI is InChI=1S/C20H21NO5S/c1-3-15-6-4-5-7-18(15)21-20(24)19(23)12-16(22)13-27(25,26)17-10-8-14(2)9-11-17/h4-11H,3,12-13H2,1-2H3,(H,21,24). The first-order chi connectivity index (χ1) is 12.7. The molecule has 0 atom stereocenters. The van der Waals surface area contributed by atoms with E-state index >= 15 is 0 Å². The predicted molar refractivity (Wildman–Crippen MR) is 102 cm³/mol. The summed E-state index contributed by atoms with van der Waals surface area (Å²) in [6.07, 6.45) is -0.0937. The molecule has 0 aliphatic carbocycles. The molecule has 0 spiro atoms. The average Bonchev–Trinajstić information content (AvgIpc) is 2.61. The lowest BCUT2D eigenvalue weighted by atomic mass is 10.1. The third-order valence-electron chi connectivity index (χ3n) is 3.99. The molecule has 6 nitrogen and oxygen atoms in total. The van der Waals surface area contributed by atoms with Crippen molar-refractivity contribution >= 4 is 33.0 Å². The molecule has 0 heterocycles. The molecule has 7 heteroatoms. The highest BCUT2D eigenvalue weighted by Gasteiger charge is 2.24. The van der Waals surface area contributed by atoms with Crippen LogP contribution in [0.3, 0.4) is 0 Å². The summed E-state index contributed by atoms with van der Waals surface area (Å²) < 4.78 is 24.5. The van der Waals surface area contributed by atoms with E-state index in [1.165, 1.54) is 12.1 Å². The number of rotatable bonds is 8. The van der Waals surface area contributed by atoms with E-state index in [4.69, 9.17) is 0 Å². The van der Waals surface area contributed by atoms with Crippen LogP contribution in [0.2, 0.25) is 0 Å². The molecule has 1 N–H and O–H groups in total. The lowest BCUT2D eigenvalue weighted by Gasteiger charge is -2.09. The molecule has 0 fully saturated rings. The first-order valence-corrected chi connectivity index (χ1v) is 10.1. The van der Waals surface area contributed by atoms with E-state index in [1.54, 1.807) is 24.3 Å². The Morgan fingerprint density at radius 1 is 0.963 bits per heavy atom. The summed E-state index contributed by atoms with van der Waals surface area (Å²) in [5, 5.41) is 2.48. The van der Waals surface area contributed by atoms with Crippen molar-refractivity contribution in [1.82, 2.24) is 0 Å². The maximum Gasteiger partial charge on any atom is 0.292 e. The van der Waals surface area contributed by atoms with Gasteiger partial charge in [-0.2, -0.15) is 0 Å². The van der Waals surface area contributed by atoms with Crippen LogP contribution < -0.4 is 5.32 Å². The van der Waals surface area contributed by atoms with Crippen molar-refractivity contribution < 1.29 is 22.8 Å². The minimum atomic E-state index is -3.85. The van der Waals surface area contributed by atoms with Crippen molar-refractivity contribution in [2.75, 3.05) is 11.1 Å². The Balaban J connectivity index is 1.99. The van der Waals surface area contributed by atoms with E-state index in [0.29, 0.717) is 12.1 Å². The maximum absolute atomic E-state index is 12.2. The first kappa shape index (κ1) is 20.5. The molecule has 0 aliphatic rings. The molecular formula is C20H21NO5S. The van der Waals surface area contributed by atoms with E-state index in [9.17, 15) is 22.8 Å². The van der Waals surface area contributed by atoms with Crippen LogP contribution in [0.4, 0.5) is 5.69 Å². The normalized spacial score (nSPS) is 11.0. The summed E-state index contributed by atoms with van der Waals surface area (Å²) in [4.78, 5) is 36.0. The zero-order valence-electron chi connectivity index (χ0n) is 15.2. The minimum Gasteiger partial charge on any atom is -0.319 e. The fourth-order valence-electron chi connectivity index (χ4n) is 2.49. The van der Waals surface area contributed by atoms with E-state index < -0.39 is 39.5 Å². The largest absolute Gasteiger partial charge is 0.319 e. The highest BCUT2D eigenvalue weighted by atomic mass is 32.2. The number of para-hydroxylation sites is 1. The van der Waals surface area contributed by atoms with Crippen molar-refractivity contribution in [2.24, 2.45) is 0 Å². The lowest BCUT2D eigenvalue weighted by molar-refractivity contribution is -0.136. The topological polar surface area (TPSA) is 97.4 Å². The first-order valence-electron chi connectivity index (χ1n) is 8.46. The number of anilines is 1. The molecule has 0 saturated carbocycles. The van der Waals surface area contributed by atoms with E-state index in [-0.39, 0.29) is 4.90 Å². The van der Waals surface area contributed by atoms with Crippen LogP contribution in [0.15, 0.2) is 53.4 Å². The number of ketones is 2. The Labute approximate surface area is 158 Å². The summed E-state index contributed by atoms with van der Waals surface area (Å²) in [5.74, 6) is -3.54. The average molecular weight is 387 g/mol. The Morgan fingerprint density at radius 3 is 2.22 bits per heavy atom. The van der Waals surface area contributed by atoms with Crippen molar-refractivity contribution in [3.63, 3.8) is 0 Å². The summed E-state index contributed by atoms with van der Waals surface area (Å²) >= 11 is 0. The van der Waals surface area contributed by atoms with Crippen LogP contribution in [0, 0.1) is 6.92 Å². The van der Waals surface area contributed by atoms with E-state index in [2.05, 4.69) is 5.32 Å². The van der Waals surface area contributed by atoms with Gasteiger partial charge in [0.1, 0.15) is 5.75 Å². The fourth-order valence-corrected chi connectivity index (χ4v) is 3.74. The van der Waals surface area contributed by atoms with Gasteiger partial charge in [0.25, 0.3) is 5.91 Å². The van der Waals surface area contributed by atoms with Crippen LogP contribution in [0.1, 0.15) is 24.5 Å². The number of carbonyl (C=O) groups excluding carboxylic acids is 3. The number of carbonyl (C=O) groups is 3. The molecular weight excluding hydrogens is 366 g/mol. The summed E-state index contributed by atoms with van der Waals surface area (Å²) in [7, 11) is -3.85. The number of Topliss-reactive ketones (excluding diaryl/α,β-unsaturated/α-hetero) is 2. The van der Waals surface area contributed by atoms with Gasteiger partial charge in [0.15, 0.2) is 15.6 Å². The highest BCUT2D eigenvalue weighted by molar-refractivity contribution is 7.92. The second-order valence-corrected chi connectivity index (χ2v) is 8.17. The van der Waals surface area contributed by atoms with Crippen LogP contribution in [-0.2, 0) is 30.6 Å². The number of hydrogen-bond donors (Lipinski definition) is 1. The third-order valence-corrected chi connectivity index (χ3v) is 5.68. The number of aryl methyl sites for hydroxylation is 2. The van der Waals surface area contributed by atoms with Gasteiger partial charge in [-0.15, -0.1) is 0 Å². The second kappa shape index (κ2) is 8.73. The minimum absolute atomic E-state index is 0.00947. The lowest BCUT2D eigenvalue weighted by Crippen LogP contribution is -2.28. The van der Waals surface area contributed by atoms with Crippen molar-refractivity contribution in [1.29, 1.82) is 0 Å². The Kier molecular flexibility index (Phi) is 6.63. The molecule has 27 heavy (non-hydrogen) atoms. The number of benzene rings is 2. The number of sulfone groups is 1. The Morgan fingerprint density at radius 2 is 1.59 bits per heavy atom. The highest BCUT2D eigenvalue weighted by Crippen LogP contribution is 2.16. The summed E-state index contributed by atoms with van der Waals surface area (Å²) in [6.45, 7) is 3.72. The summed E-state index contributed by atoms with van der Waals surface area (Å²) in [5.41, 5.74) is 2.24. The Hall–Kier alpha value is -2.80. The molecule has 0 saturated heterocycles. The molecule has 0 aromatic heterocycles.